The number of carbonyl (C=O) groups is 1. The van der Waals surface area contributed by atoms with Crippen molar-refractivity contribution in [1.82, 2.24) is 9.88 Å². The first-order chi connectivity index (χ1) is 13.8. The highest BCUT2D eigenvalue weighted by atomic mass is 35.5. The highest BCUT2D eigenvalue weighted by Gasteiger charge is 2.31. The average Bonchev–Trinajstić information content (AvgIpc) is 2.69. The van der Waals surface area contributed by atoms with Crippen LogP contribution in [-0.2, 0) is 6.18 Å². The number of halogens is 4. The minimum atomic E-state index is -4.48. The molecule has 0 aliphatic rings. The van der Waals surface area contributed by atoms with Gasteiger partial charge >= 0.3 is 6.18 Å². The zero-order valence-corrected chi connectivity index (χ0v) is 16.4. The van der Waals surface area contributed by atoms with Gasteiger partial charge in [-0.3, -0.25) is 9.78 Å². The Morgan fingerprint density at radius 3 is 2.72 bits per heavy atom. The number of pyridine rings is 1. The Morgan fingerprint density at radius 2 is 1.97 bits per heavy atom. The van der Waals surface area contributed by atoms with E-state index < -0.39 is 17.6 Å². The molecule has 1 amide bonds. The minimum Gasteiger partial charge on any atom is -0.384 e. The second kappa shape index (κ2) is 8.69. The molecule has 1 N–H and O–H groups in total. The first kappa shape index (κ1) is 20.9. The third-order valence-corrected chi connectivity index (χ3v) is 4.71. The number of rotatable bonds is 6. The number of hydrogen-bond acceptors (Lipinski definition) is 3. The first-order valence-corrected chi connectivity index (χ1v) is 9.34. The van der Waals surface area contributed by atoms with Gasteiger partial charge in [0.25, 0.3) is 5.91 Å². The van der Waals surface area contributed by atoms with Gasteiger partial charge in [-0.15, -0.1) is 0 Å². The summed E-state index contributed by atoms with van der Waals surface area (Å²) in [6.07, 6.45) is -2.17. The van der Waals surface area contributed by atoms with Gasteiger partial charge in [-0.25, -0.2) is 0 Å². The third-order valence-electron chi connectivity index (χ3n) is 4.47. The number of benzene rings is 2. The van der Waals surface area contributed by atoms with Crippen LogP contribution < -0.4 is 5.32 Å². The summed E-state index contributed by atoms with van der Waals surface area (Å²) in [7, 11) is 1.58. The van der Waals surface area contributed by atoms with E-state index in [0.29, 0.717) is 24.5 Å². The molecule has 0 saturated carbocycles. The molecule has 0 bridgehead atoms. The molecular formula is C21H19ClF3N3O. The smallest absolute Gasteiger partial charge is 0.384 e. The van der Waals surface area contributed by atoms with Crippen molar-refractivity contribution in [2.45, 2.75) is 12.6 Å². The summed E-state index contributed by atoms with van der Waals surface area (Å²) in [6, 6.07) is 11.8. The lowest BCUT2D eigenvalue weighted by molar-refractivity contribution is -0.137. The Balaban J connectivity index is 1.57. The molecule has 2 aromatic carbocycles. The van der Waals surface area contributed by atoms with Gasteiger partial charge < -0.3 is 10.2 Å². The van der Waals surface area contributed by atoms with Gasteiger partial charge in [0, 0.05) is 48.0 Å². The highest BCUT2D eigenvalue weighted by molar-refractivity contribution is 6.31. The van der Waals surface area contributed by atoms with Crippen molar-refractivity contribution in [2.24, 2.45) is 0 Å². The number of alkyl halides is 3. The van der Waals surface area contributed by atoms with Crippen LogP contribution in [0.25, 0.3) is 10.9 Å². The van der Waals surface area contributed by atoms with Crippen molar-refractivity contribution < 1.29 is 18.0 Å². The molecular weight excluding hydrogens is 403 g/mol. The van der Waals surface area contributed by atoms with Crippen molar-refractivity contribution in [3.8, 4) is 0 Å². The van der Waals surface area contributed by atoms with Crippen molar-refractivity contribution in [1.29, 1.82) is 0 Å². The van der Waals surface area contributed by atoms with Gasteiger partial charge in [-0.2, -0.15) is 13.2 Å². The molecule has 0 atom stereocenters. The molecule has 0 aliphatic heterocycles. The van der Waals surface area contributed by atoms with Crippen LogP contribution in [0.2, 0.25) is 5.02 Å². The van der Waals surface area contributed by atoms with E-state index in [4.69, 9.17) is 11.6 Å². The van der Waals surface area contributed by atoms with Crippen LogP contribution in [0.1, 0.15) is 22.3 Å². The number of nitrogens with zero attached hydrogens (tertiary/aromatic N) is 2. The quantitative estimate of drug-likeness (QED) is 0.536. The first-order valence-electron chi connectivity index (χ1n) is 8.96. The summed E-state index contributed by atoms with van der Waals surface area (Å²) in [6.45, 7) is 0.985. The van der Waals surface area contributed by atoms with Gasteiger partial charge in [0.05, 0.1) is 11.1 Å². The van der Waals surface area contributed by atoms with E-state index in [0.717, 1.165) is 28.7 Å². The van der Waals surface area contributed by atoms with Crippen LogP contribution in [-0.4, -0.2) is 35.9 Å². The van der Waals surface area contributed by atoms with E-state index in [2.05, 4.69) is 10.3 Å². The van der Waals surface area contributed by atoms with Crippen LogP contribution in [0.4, 0.5) is 18.9 Å². The third kappa shape index (κ3) is 5.17. The molecule has 152 valence electrons. The monoisotopic (exact) mass is 421 g/mol. The van der Waals surface area contributed by atoms with E-state index in [1.807, 2.05) is 12.1 Å². The molecule has 3 rings (SSSR count). The molecule has 0 saturated heterocycles. The Bertz CT molecular complexity index is 1020. The zero-order valence-electron chi connectivity index (χ0n) is 15.6. The predicted molar refractivity (Wildman–Crippen MR) is 108 cm³/mol. The fourth-order valence-corrected chi connectivity index (χ4v) is 3.13. The molecule has 0 fully saturated rings. The van der Waals surface area contributed by atoms with E-state index in [1.54, 1.807) is 25.4 Å². The van der Waals surface area contributed by atoms with E-state index in [-0.39, 0.29) is 5.56 Å². The Hall–Kier alpha value is -2.80. The number of fused-ring (bicyclic) bond motifs is 1. The molecule has 29 heavy (non-hydrogen) atoms. The van der Waals surface area contributed by atoms with Crippen molar-refractivity contribution in [3.05, 3.63) is 70.9 Å². The van der Waals surface area contributed by atoms with Crippen molar-refractivity contribution in [3.63, 3.8) is 0 Å². The van der Waals surface area contributed by atoms with Crippen LogP contribution in [0.3, 0.4) is 0 Å². The molecule has 0 radical (unpaired) electrons. The molecule has 0 aliphatic carbocycles. The summed E-state index contributed by atoms with van der Waals surface area (Å²) in [5.74, 6) is -0.444. The van der Waals surface area contributed by atoms with Crippen LogP contribution in [0, 0.1) is 0 Å². The molecule has 0 unspecified atom stereocenters. The lowest BCUT2D eigenvalue weighted by atomic mass is 10.1. The second-order valence-electron chi connectivity index (χ2n) is 6.61. The maximum Gasteiger partial charge on any atom is 0.416 e. The molecule has 4 nitrogen and oxygen atoms in total. The van der Waals surface area contributed by atoms with Gasteiger partial charge in [-0.05, 0) is 48.9 Å². The maximum absolute atomic E-state index is 12.8. The number of amides is 1. The summed E-state index contributed by atoms with van der Waals surface area (Å²) in [5.41, 5.74) is 0.869. The summed E-state index contributed by atoms with van der Waals surface area (Å²) < 4.78 is 38.5. The lowest BCUT2D eigenvalue weighted by Gasteiger charge is -2.18. The fraction of sp³-hybridized carbons (Fsp3) is 0.238. The van der Waals surface area contributed by atoms with Gasteiger partial charge in [0.1, 0.15) is 0 Å². The van der Waals surface area contributed by atoms with Crippen LogP contribution in [0.5, 0.6) is 0 Å². The second-order valence-corrected chi connectivity index (χ2v) is 7.04. The average molecular weight is 422 g/mol. The molecule has 8 heteroatoms. The fourth-order valence-electron chi connectivity index (χ4n) is 2.97. The van der Waals surface area contributed by atoms with Crippen LogP contribution >= 0.6 is 11.6 Å². The summed E-state index contributed by atoms with van der Waals surface area (Å²) in [5, 5.41) is 4.84. The Morgan fingerprint density at radius 1 is 1.17 bits per heavy atom. The predicted octanol–water partition coefficient (Wildman–Crippen LogP) is 5.48. The van der Waals surface area contributed by atoms with Gasteiger partial charge in [-0.1, -0.05) is 17.7 Å². The SMILES string of the molecule is CN(CCCNc1ccnc2cc(Cl)ccc12)C(=O)c1cccc(C(F)(F)F)c1. The Kier molecular flexibility index (Phi) is 6.27. The molecule has 1 heterocycles. The van der Waals surface area contributed by atoms with Crippen LogP contribution in [0.15, 0.2) is 54.7 Å². The summed E-state index contributed by atoms with van der Waals surface area (Å²) >= 11 is 5.99. The number of carbonyl (C=O) groups excluding carboxylic acids is 1. The van der Waals surface area contributed by atoms with Crippen molar-refractivity contribution in [2.75, 3.05) is 25.5 Å². The van der Waals surface area contributed by atoms with Gasteiger partial charge in [0.2, 0.25) is 0 Å². The van der Waals surface area contributed by atoms with E-state index in [9.17, 15) is 18.0 Å². The minimum absolute atomic E-state index is 0.0206. The van der Waals surface area contributed by atoms with E-state index >= 15 is 0 Å². The number of nitrogens with one attached hydrogen (secondary N) is 1. The maximum atomic E-state index is 12.8. The zero-order chi connectivity index (χ0) is 21.0. The normalized spacial score (nSPS) is 11.5. The molecule has 1 aromatic heterocycles. The largest absolute Gasteiger partial charge is 0.416 e. The number of aromatic nitrogens is 1. The summed E-state index contributed by atoms with van der Waals surface area (Å²) in [4.78, 5) is 18.1. The molecule has 3 aromatic rings. The lowest BCUT2D eigenvalue weighted by Crippen LogP contribution is -2.29. The number of hydrogen-bond donors (Lipinski definition) is 1. The topological polar surface area (TPSA) is 45.2 Å². The van der Waals surface area contributed by atoms with Gasteiger partial charge in [0.15, 0.2) is 0 Å². The Labute approximate surface area is 171 Å². The molecule has 0 spiro atoms. The number of anilines is 1. The van der Waals surface area contributed by atoms with Crippen molar-refractivity contribution >= 4 is 34.1 Å². The highest BCUT2D eigenvalue weighted by Crippen LogP contribution is 2.29. The standard InChI is InChI=1S/C21H19ClF3N3O/c1-28(20(29)14-4-2-5-15(12-14)21(23,24)25)11-3-9-26-18-8-10-27-19-13-16(22)6-7-17(18)19/h2,4-8,10,12-13H,3,9,11H2,1H3,(H,26,27). The van der Waals surface area contributed by atoms with E-state index in [1.165, 1.54) is 17.0 Å².